The highest BCUT2D eigenvalue weighted by Gasteiger charge is 2.38. The summed E-state index contributed by atoms with van der Waals surface area (Å²) >= 11 is 4.90. The summed E-state index contributed by atoms with van der Waals surface area (Å²) in [5, 5.41) is 0. The van der Waals surface area contributed by atoms with E-state index in [0.29, 0.717) is 18.3 Å². The van der Waals surface area contributed by atoms with Crippen LogP contribution in [0.1, 0.15) is 6.42 Å². The Hall–Kier alpha value is -0.673. The first kappa shape index (κ1) is 25.4. The van der Waals surface area contributed by atoms with Crippen LogP contribution in [0.25, 0.3) is 0 Å². The van der Waals surface area contributed by atoms with Crippen molar-refractivity contribution in [1.29, 1.82) is 0 Å². The maximum Gasteiger partial charge on any atom is 0.500 e. The van der Waals surface area contributed by atoms with E-state index in [4.69, 9.17) is 23.6 Å². The van der Waals surface area contributed by atoms with Crippen molar-refractivity contribution in [1.82, 2.24) is 4.31 Å². The number of anilines is 1. The molecule has 28 heavy (non-hydrogen) atoms. The van der Waals surface area contributed by atoms with Gasteiger partial charge in [0, 0.05) is 45.4 Å². The van der Waals surface area contributed by atoms with Crippen LogP contribution in [0.4, 0.5) is 5.69 Å². The molecule has 13 heteroatoms. The third-order valence-corrected chi connectivity index (χ3v) is 9.85. The number of amides is 1. The van der Waals surface area contributed by atoms with E-state index in [-0.39, 0.29) is 15.6 Å². The molecule has 0 spiro atoms. The van der Waals surface area contributed by atoms with E-state index in [0.717, 1.165) is 12.2 Å². The van der Waals surface area contributed by atoms with Gasteiger partial charge in [-0.05, 0) is 42.6 Å². The first-order chi connectivity index (χ1) is 13.1. The number of rotatable bonds is 8. The number of hydrogen-bond acceptors (Lipinski definition) is 8. The molecule has 0 bridgehead atoms. The third kappa shape index (κ3) is 7.63. The van der Waals surface area contributed by atoms with E-state index in [1.165, 1.54) is 24.3 Å². The SMILES string of the molecule is CO[Si](CCCN1SCC(Br)C1=O)(OC)OC.Nc1ccc(S(=O)(=O)O)cc1. The lowest BCUT2D eigenvalue weighted by Gasteiger charge is -2.25. The third-order valence-electron chi connectivity index (χ3n) is 3.85. The summed E-state index contributed by atoms with van der Waals surface area (Å²) < 4.78 is 47.2. The Labute approximate surface area is 179 Å². The Morgan fingerprint density at radius 1 is 1.25 bits per heavy atom. The van der Waals surface area contributed by atoms with Crippen LogP contribution in [-0.4, -0.2) is 70.4 Å². The highest BCUT2D eigenvalue weighted by atomic mass is 79.9. The highest BCUT2D eigenvalue weighted by Crippen LogP contribution is 2.27. The van der Waals surface area contributed by atoms with Crippen LogP contribution in [0, 0.1) is 0 Å². The number of carbonyl (C=O) groups is 1. The molecule has 0 aliphatic carbocycles. The van der Waals surface area contributed by atoms with Gasteiger partial charge in [-0.25, -0.2) is 0 Å². The number of nitrogens with zero attached hydrogens (tertiary/aromatic N) is 1. The summed E-state index contributed by atoms with van der Waals surface area (Å²) in [7, 11) is -1.76. The molecule has 0 aromatic heterocycles. The van der Waals surface area contributed by atoms with Crippen LogP contribution in [0.15, 0.2) is 29.2 Å². The molecule has 3 N–H and O–H groups in total. The van der Waals surface area contributed by atoms with Crippen molar-refractivity contribution in [2.75, 3.05) is 39.4 Å². The molecule has 1 aromatic carbocycles. The summed E-state index contributed by atoms with van der Waals surface area (Å²) in [4.78, 5) is 11.5. The van der Waals surface area contributed by atoms with Gasteiger partial charge in [-0.15, -0.1) is 0 Å². The molecule has 9 nitrogen and oxygen atoms in total. The van der Waals surface area contributed by atoms with Crippen molar-refractivity contribution in [3.63, 3.8) is 0 Å². The Kier molecular flexibility index (Phi) is 10.4. The fourth-order valence-corrected chi connectivity index (χ4v) is 6.14. The number of benzene rings is 1. The van der Waals surface area contributed by atoms with Crippen molar-refractivity contribution in [3.05, 3.63) is 24.3 Å². The van der Waals surface area contributed by atoms with E-state index in [2.05, 4.69) is 15.9 Å². The first-order valence-electron chi connectivity index (χ1n) is 8.15. The molecular formula is C15H25BrN2O7S2Si. The number of hydrogen-bond donors (Lipinski definition) is 2. The van der Waals surface area contributed by atoms with Gasteiger partial charge in [-0.1, -0.05) is 15.9 Å². The maximum atomic E-state index is 11.6. The second kappa shape index (κ2) is 11.5. The summed E-state index contributed by atoms with van der Waals surface area (Å²) in [6, 6.07) is 6.01. The normalized spacial score (nSPS) is 17.4. The molecule has 0 saturated carbocycles. The minimum absolute atomic E-state index is 0.0400. The summed E-state index contributed by atoms with van der Waals surface area (Å²) in [5.74, 6) is 0.953. The lowest BCUT2D eigenvalue weighted by Crippen LogP contribution is -2.43. The topological polar surface area (TPSA) is 128 Å². The zero-order valence-electron chi connectivity index (χ0n) is 15.8. The average Bonchev–Trinajstić information content (AvgIpc) is 2.98. The molecule has 1 saturated heterocycles. The minimum atomic E-state index is -4.08. The molecule has 1 aliphatic heterocycles. The van der Waals surface area contributed by atoms with Crippen LogP contribution < -0.4 is 5.73 Å². The quantitative estimate of drug-likeness (QED) is 0.175. The minimum Gasteiger partial charge on any atom is -0.399 e. The van der Waals surface area contributed by atoms with Gasteiger partial charge in [0.2, 0.25) is 5.91 Å². The van der Waals surface area contributed by atoms with Gasteiger partial charge in [0.05, 0.1) is 4.90 Å². The molecule has 1 atom stereocenters. The van der Waals surface area contributed by atoms with E-state index < -0.39 is 18.9 Å². The predicted octanol–water partition coefficient (Wildman–Crippen LogP) is 2.02. The molecule has 2 rings (SSSR count). The standard InChI is InChI=1S/C9H18BrNO4SSi.C6H7NO3S/c1-13-17(14-2,15-3)6-4-5-11-9(12)8(10)7-16-11;7-5-1-3-6(4-2-5)11(8,9)10/h8H,4-7H2,1-3H3;1-4H,7H2,(H,8,9,10). The molecular weight excluding hydrogens is 492 g/mol. The molecule has 1 heterocycles. The van der Waals surface area contributed by atoms with Gasteiger partial charge >= 0.3 is 8.80 Å². The maximum absolute atomic E-state index is 11.6. The van der Waals surface area contributed by atoms with Crippen molar-refractivity contribution >= 4 is 58.4 Å². The highest BCUT2D eigenvalue weighted by molar-refractivity contribution is 9.10. The summed E-state index contributed by atoms with van der Waals surface area (Å²) in [5.41, 5.74) is 5.75. The Morgan fingerprint density at radius 2 is 1.79 bits per heavy atom. The van der Waals surface area contributed by atoms with Crippen LogP contribution in [0.5, 0.6) is 0 Å². The average molecular weight is 517 g/mol. The van der Waals surface area contributed by atoms with E-state index in [9.17, 15) is 13.2 Å². The smallest absolute Gasteiger partial charge is 0.399 e. The Bertz CT molecular complexity index is 724. The number of nitrogens with two attached hydrogens (primary N) is 1. The molecule has 1 unspecified atom stereocenters. The van der Waals surface area contributed by atoms with Gasteiger partial charge in [0.1, 0.15) is 4.83 Å². The number of halogens is 1. The zero-order valence-corrected chi connectivity index (χ0v) is 20.0. The Morgan fingerprint density at radius 3 is 2.18 bits per heavy atom. The molecule has 1 aliphatic rings. The van der Waals surface area contributed by atoms with E-state index >= 15 is 0 Å². The summed E-state index contributed by atoms with van der Waals surface area (Å²) in [6.45, 7) is 0.705. The van der Waals surface area contributed by atoms with Gasteiger partial charge in [-0.2, -0.15) is 8.42 Å². The van der Waals surface area contributed by atoms with Crippen molar-refractivity contribution in [3.8, 4) is 0 Å². The largest absolute Gasteiger partial charge is 0.500 e. The van der Waals surface area contributed by atoms with E-state index in [1.807, 2.05) is 0 Å². The number of carbonyl (C=O) groups excluding carboxylic acids is 1. The second-order valence-corrected chi connectivity index (χ2v) is 12.3. The number of nitrogen functional groups attached to an aromatic ring is 1. The Balaban J connectivity index is 0.000000307. The second-order valence-electron chi connectivity index (χ2n) is 5.65. The van der Waals surface area contributed by atoms with Crippen LogP contribution in [-0.2, 0) is 28.2 Å². The fraction of sp³-hybridized carbons (Fsp3) is 0.533. The lowest BCUT2D eigenvalue weighted by atomic mass is 10.3. The number of alkyl halides is 1. The van der Waals surface area contributed by atoms with Crippen molar-refractivity contribution in [2.24, 2.45) is 0 Å². The fourth-order valence-electron chi connectivity index (χ4n) is 2.26. The van der Waals surface area contributed by atoms with Crippen LogP contribution >= 0.6 is 27.9 Å². The van der Waals surface area contributed by atoms with Crippen LogP contribution in [0.2, 0.25) is 6.04 Å². The summed E-state index contributed by atoms with van der Waals surface area (Å²) in [6.07, 6.45) is 0.820. The molecule has 1 fully saturated rings. The lowest BCUT2D eigenvalue weighted by molar-refractivity contribution is -0.124. The predicted molar refractivity (Wildman–Crippen MR) is 114 cm³/mol. The van der Waals surface area contributed by atoms with Gasteiger partial charge in [0.25, 0.3) is 10.1 Å². The van der Waals surface area contributed by atoms with Crippen molar-refractivity contribution < 1.29 is 31.0 Å². The van der Waals surface area contributed by atoms with Gasteiger partial charge < -0.3 is 19.0 Å². The van der Waals surface area contributed by atoms with Gasteiger partial charge in [0.15, 0.2) is 0 Å². The monoisotopic (exact) mass is 516 g/mol. The van der Waals surface area contributed by atoms with E-state index in [1.54, 1.807) is 37.6 Å². The molecule has 0 radical (unpaired) electrons. The van der Waals surface area contributed by atoms with Gasteiger partial charge in [-0.3, -0.25) is 13.7 Å². The molecule has 1 amide bonds. The first-order valence-corrected chi connectivity index (χ1v) is 13.4. The van der Waals surface area contributed by atoms with Crippen LogP contribution in [0.3, 0.4) is 0 Å². The zero-order chi connectivity index (χ0) is 21.4. The molecule has 160 valence electrons. The van der Waals surface area contributed by atoms with Crippen molar-refractivity contribution in [2.45, 2.75) is 22.2 Å². The molecule has 1 aromatic rings.